The lowest BCUT2D eigenvalue weighted by atomic mass is 9.79. The van der Waals surface area contributed by atoms with Crippen LogP contribution in [0.2, 0.25) is 0 Å². The minimum Gasteiger partial charge on any atom is -0.456 e. The number of hydrogen-bond donors (Lipinski definition) is 3. The van der Waals surface area contributed by atoms with Gasteiger partial charge in [0.05, 0.1) is 32.8 Å². The summed E-state index contributed by atoms with van der Waals surface area (Å²) in [6.07, 6.45) is -2.91. The van der Waals surface area contributed by atoms with Crippen molar-refractivity contribution in [1.82, 2.24) is 15.1 Å². The van der Waals surface area contributed by atoms with Crippen molar-refractivity contribution in [3.8, 4) is 0 Å². The van der Waals surface area contributed by atoms with Crippen LogP contribution in [0.15, 0.2) is 83.4 Å². The predicted octanol–water partition coefficient (Wildman–Crippen LogP) is 4.45. The van der Waals surface area contributed by atoms with Gasteiger partial charge in [0, 0.05) is 83.9 Å². The fraction of sp³-hybridized carbons (Fsp3) is 0.390. The summed E-state index contributed by atoms with van der Waals surface area (Å²) in [5.74, 6) is -4.22. The molecule has 4 amide bonds. The van der Waals surface area contributed by atoms with Crippen molar-refractivity contribution >= 4 is 58.8 Å². The number of nitro groups is 3. The number of rotatable bonds is 18. The third-order valence-corrected chi connectivity index (χ3v) is 12.7. The molecule has 6 rings (SSSR count). The molecule has 4 N–H and O–H groups in total. The summed E-state index contributed by atoms with van der Waals surface area (Å²) >= 11 is 1.21. The number of nitrogens with zero attached hydrogens (tertiary/aromatic N) is 5. The first kappa shape index (κ1) is 46.4. The highest BCUT2D eigenvalue weighted by molar-refractivity contribution is 8.03. The van der Waals surface area contributed by atoms with Crippen LogP contribution >= 0.6 is 11.8 Å². The molecule has 22 nitrogen and oxygen atoms in total. The lowest BCUT2D eigenvalue weighted by Crippen LogP contribution is -2.63. The van der Waals surface area contributed by atoms with Gasteiger partial charge in [-0.25, -0.2) is 14.4 Å². The Morgan fingerprint density at radius 1 is 0.828 bits per heavy atom. The normalized spacial score (nSPS) is 21.0. The van der Waals surface area contributed by atoms with Crippen molar-refractivity contribution in [2.75, 3.05) is 13.1 Å². The van der Waals surface area contributed by atoms with Crippen LogP contribution in [0.5, 0.6) is 0 Å². The maximum atomic E-state index is 13.9. The van der Waals surface area contributed by atoms with E-state index in [1.54, 1.807) is 6.92 Å². The molecule has 0 spiro atoms. The number of esters is 1. The van der Waals surface area contributed by atoms with Crippen molar-refractivity contribution in [2.24, 2.45) is 23.5 Å². The van der Waals surface area contributed by atoms with Gasteiger partial charge in [-0.05, 0) is 66.4 Å². The average Bonchev–Trinajstić information content (AvgIpc) is 3.79. The first-order valence-electron chi connectivity index (χ1n) is 19.8. The van der Waals surface area contributed by atoms with Gasteiger partial charge >= 0.3 is 18.2 Å². The second-order valence-corrected chi connectivity index (χ2v) is 16.8. The number of β-lactam (4-membered cyclic amide) rings is 1. The van der Waals surface area contributed by atoms with Crippen LogP contribution in [-0.2, 0) is 48.4 Å². The number of amides is 4. The number of non-ortho nitro benzene ring substituents is 3. The highest BCUT2D eigenvalue weighted by atomic mass is 32.2. The number of benzene rings is 3. The van der Waals surface area contributed by atoms with Crippen LogP contribution in [0.3, 0.4) is 0 Å². The van der Waals surface area contributed by atoms with E-state index in [2.05, 4.69) is 5.32 Å². The number of carbonyl (C=O) groups excluding carboxylic acids is 5. The summed E-state index contributed by atoms with van der Waals surface area (Å²) < 4.78 is 16.6. The standard InChI is InChI=1S/C41H43N7O15S/c1-22-35-34(23(2)49)38(51)45(35)36(39(52)61-19-24-3-9-28(10-4-24)46(55)56)37(22)64-31-16-32(44(18-31)41(54)63-21-26-7-13-30(14-8-26)48(59)60)27(15-33(42)50)17-43-40(53)62-20-25-5-11-29(12-6-25)47(57)58/h3-14,22-23,27,31-32,34-35,49H,15-21H2,1-2H3,(H2,42,50)(H,43,53)/t22-,23-,27?,31+,32+,34-,35-/m1/s1. The number of nitro benzene ring substituents is 3. The molecule has 2 fully saturated rings. The largest absolute Gasteiger partial charge is 0.456 e. The molecule has 0 aromatic heterocycles. The van der Waals surface area contributed by atoms with Gasteiger partial charge in [0.2, 0.25) is 11.8 Å². The number of thioether (sulfide) groups is 1. The maximum Gasteiger partial charge on any atom is 0.410 e. The van der Waals surface area contributed by atoms with Gasteiger partial charge in [-0.15, -0.1) is 11.8 Å². The van der Waals surface area contributed by atoms with E-state index >= 15 is 0 Å². The number of carbonyl (C=O) groups is 5. The quantitative estimate of drug-likeness (QED) is 0.0522. The van der Waals surface area contributed by atoms with E-state index in [-0.39, 0.29) is 68.5 Å². The zero-order valence-electron chi connectivity index (χ0n) is 34.3. The molecule has 3 aliphatic heterocycles. The van der Waals surface area contributed by atoms with E-state index in [4.69, 9.17) is 19.9 Å². The number of primary amides is 1. The number of aliphatic hydroxyl groups is 1. The van der Waals surface area contributed by atoms with Gasteiger partial charge in [-0.3, -0.25) is 39.9 Å². The van der Waals surface area contributed by atoms with Crippen LogP contribution in [0.1, 0.15) is 43.4 Å². The zero-order chi connectivity index (χ0) is 46.4. The second-order valence-electron chi connectivity index (χ2n) is 15.5. The van der Waals surface area contributed by atoms with Crippen LogP contribution in [0.25, 0.3) is 0 Å². The van der Waals surface area contributed by atoms with E-state index in [0.717, 1.165) is 0 Å². The second kappa shape index (κ2) is 19.9. The van der Waals surface area contributed by atoms with Crippen LogP contribution < -0.4 is 11.1 Å². The van der Waals surface area contributed by atoms with Crippen LogP contribution in [-0.4, -0.2) is 96.2 Å². The number of alkyl carbamates (subject to hydrolysis) is 1. The molecule has 0 radical (unpaired) electrons. The summed E-state index contributed by atoms with van der Waals surface area (Å²) in [4.78, 5) is 101. The molecular weight excluding hydrogens is 863 g/mol. The Bertz CT molecular complexity index is 2340. The molecule has 1 unspecified atom stereocenters. The Kier molecular flexibility index (Phi) is 14.4. The molecule has 3 heterocycles. The van der Waals surface area contributed by atoms with Gasteiger partial charge in [-0.2, -0.15) is 0 Å². The number of ether oxygens (including phenoxy) is 3. The molecule has 2 saturated heterocycles. The molecule has 0 bridgehead atoms. The highest BCUT2D eigenvalue weighted by Gasteiger charge is 2.60. The molecular formula is C41H43N7O15S. The number of hydrogen-bond acceptors (Lipinski definition) is 16. The van der Waals surface area contributed by atoms with Crippen molar-refractivity contribution < 1.29 is 58.1 Å². The van der Waals surface area contributed by atoms with E-state index in [0.29, 0.717) is 21.6 Å². The Morgan fingerprint density at radius 3 is 1.78 bits per heavy atom. The summed E-state index contributed by atoms with van der Waals surface area (Å²) in [5, 5.41) is 45.9. The Balaban J connectivity index is 1.23. The topological polar surface area (TPSA) is 307 Å². The van der Waals surface area contributed by atoms with Crippen molar-refractivity contribution in [1.29, 1.82) is 0 Å². The molecule has 0 aliphatic carbocycles. The lowest BCUT2D eigenvalue weighted by molar-refractivity contribution is -0.385. The summed E-state index contributed by atoms with van der Waals surface area (Å²) in [6.45, 7) is 2.24. The molecule has 3 aromatic rings. The van der Waals surface area contributed by atoms with Gasteiger partial charge in [0.25, 0.3) is 17.1 Å². The summed E-state index contributed by atoms with van der Waals surface area (Å²) in [6, 6.07) is 14.7. The third-order valence-electron chi connectivity index (χ3n) is 11.2. The van der Waals surface area contributed by atoms with Gasteiger partial charge < -0.3 is 40.2 Å². The molecule has 338 valence electrons. The maximum absolute atomic E-state index is 13.9. The predicted molar refractivity (Wildman–Crippen MR) is 223 cm³/mol. The van der Waals surface area contributed by atoms with E-state index < -0.39 is 85.9 Å². The van der Waals surface area contributed by atoms with Crippen molar-refractivity contribution in [2.45, 2.75) is 69.9 Å². The van der Waals surface area contributed by atoms with Crippen LogP contribution in [0.4, 0.5) is 26.7 Å². The fourth-order valence-corrected chi connectivity index (χ4v) is 9.56. The average molecular weight is 906 g/mol. The number of fused-ring (bicyclic) bond motifs is 1. The van der Waals surface area contributed by atoms with E-state index in [1.165, 1.54) is 101 Å². The monoisotopic (exact) mass is 905 g/mol. The number of nitrogens with two attached hydrogens (primary N) is 1. The van der Waals surface area contributed by atoms with E-state index in [1.807, 2.05) is 0 Å². The van der Waals surface area contributed by atoms with Gasteiger partial charge in [-0.1, -0.05) is 6.92 Å². The van der Waals surface area contributed by atoms with Crippen molar-refractivity contribution in [3.63, 3.8) is 0 Å². The first-order chi connectivity index (χ1) is 30.4. The molecule has 0 saturated carbocycles. The van der Waals surface area contributed by atoms with Crippen molar-refractivity contribution in [3.05, 3.63) is 130 Å². The minimum absolute atomic E-state index is 0.0198. The molecule has 23 heteroatoms. The Labute approximate surface area is 368 Å². The molecule has 3 aliphatic rings. The number of nitrogens with one attached hydrogen (secondary N) is 1. The Morgan fingerprint density at radius 2 is 1.31 bits per heavy atom. The smallest absolute Gasteiger partial charge is 0.410 e. The minimum atomic E-state index is -1.04. The summed E-state index contributed by atoms with van der Waals surface area (Å²) in [5.41, 5.74) is 6.49. The first-order valence-corrected chi connectivity index (χ1v) is 20.7. The number of aliphatic hydroxyl groups excluding tert-OH is 1. The van der Waals surface area contributed by atoms with Crippen LogP contribution in [0, 0.1) is 48.1 Å². The zero-order valence-corrected chi connectivity index (χ0v) is 35.1. The lowest BCUT2D eigenvalue weighted by Gasteiger charge is -2.46. The van der Waals surface area contributed by atoms with Gasteiger partial charge in [0.15, 0.2) is 0 Å². The Hall–Kier alpha value is -7.14. The molecule has 7 atom stereocenters. The van der Waals surface area contributed by atoms with E-state index in [9.17, 15) is 59.4 Å². The van der Waals surface area contributed by atoms with Gasteiger partial charge in [0.1, 0.15) is 25.5 Å². The SMILES string of the molecule is C[C@@H](O)[C@H]1C(=O)N2C(C(=O)OCc3ccc([N+](=O)[O-])cc3)=C(S[C@H]3C[C@@H](C(CNC(=O)OCc4ccc([N+](=O)[O-])cc4)CC(N)=O)N(C(=O)OCc4ccc([N+](=O)[O-])cc4)C3)[C@H](C)[C@H]12. The molecule has 3 aromatic carbocycles. The third kappa shape index (κ3) is 10.5. The highest BCUT2D eigenvalue weighted by Crippen LogP contribution is 2.53. The number of likely N-dealkylation sites (tertiary alicyclic amines) is 1. The molecule has 64 heavy (non-hydrogen) atoms. The fourth-order valence-electron chi connectivity index (χ4n) is 8.02. The summed E-state index contributed by atoms with van der Waals surface area (Å²) in [7, 11) is 0.